The van der Waals surface area contributed by atoms with Gasteiger partial charge in [-0.3, -0.25) is 4.98 Å². The molecule has 10 aromatic rings. The minimum Gasteiger partial charge on any atom is -0.351 e. The van der Waals surface area contributed by atoms with E-state index in [1.165, 1.54) is 78.0 Å². The summed E-state index contributed by atoms with van der Waals surface area (Å²) in [6.07, 6.45) is 5.83. The third kappa shape index (κ3) is 5.66. The fourth-order valence-corrected chi connectivity index (χ4v) is 12.6. The maximum absolute atomic E-state index is 5.34. The summed E-state index contributed by atoms with van der Waals surface area (Å²) in [5.41, 5.74) is 21.2. The van der Waals surface area contributed by atoms with E-state index in [-0.39, 0.29) is 21.1 Å². The second-order valence-corrected chi connectivity index (χ2v) is 19.2. The molecule has 0 amide bonds. The fourth-order valence-electron chi connectivity index (χ4n) is 12.6. The van der Waals surface area contributed by atoms with Crippen LogP contribution < -0.4 is 4.57 Å². The SMILES string of the molecule is Cc1c(C)[n+](C)[c-]n1C1(c2[c-]c(C3(c4[c-]c(C5(c6cc(C(C)C)ccn6)c6ccccc6-c6ccccc65)ccc4)c4ccccc4-c4ccccc43)ccc2)c2ccccc2-c2ccccc21.[Pt]. The third-order valence-electron chi connectivity index (χ3n) is 15.8. The maximum atomic E-state index is 5.34. The van der Waals surface area contributed by atoms with Gasteiger partial charge in [-0.1, -0.05) is 173 Å². The number of hydrogen-bond acceptors (Lipinski definition) is 1. The van der Waals surface area contributed by atoms with Gasteiger partial charge in [0.05, 0.1) is 18.2 Å². The number of rotatable bonds is 7. The van der Waals surface area contributed by atoms with Crippen molar-refractivity contribution in [3.8, 4) is 33.4 Å². The molecule has 3 aliphatic carbocycles. The number of benzene rings is 8. The summed E-state index contributed by atoms with van der Waals surface area (Å²) in [5, 5.41) is 0. The minimum absolute atomic E-state index is 0. The first-order chi connectivity index (χ1) is 33.3. The van der Waals surface area contributed by atoms with E-state index in [2.05, 4.69) is 256 Å². The molecule has 0 unspecified atom stereocenters. The predicted octanol–water partition coefficient (Wildman–Crippen LogP) is 13.4. The van der Waals surface area contributed by atoms with Gasteiger partial charge in [-0.2, -0.15) is 48.5 Å². The van der Waals surface area contributed by atoms with Gasteiger partial charge < -0.3 is 9.13 Å². The van der Waals surface area contributed by atoms with E-state index in [1.54, 1.807) is 0 Å². The van der Waals surface area contributed by atoms with Crippen molar-refractivity contribution in [1.82, 2.24) is 9.55 Å². The van der Waals surface area contributed by atoms with Gasteiger partial charge in [-0.25, -0.2) is 0 Å². The molecular weight excluding hydrogens is 1020 g/mol. The Balaban J connectivity index is 0.00000492. The Morgan fingerprint density at radius 1 is 0.464 bits per heavy atom. The quantitative estimate of drug-likeness (QED) is 0.115. The number of aryl methyl sites for hydroxylation is 1. The molecule has 2 aromatic heterocycles. The Morgan fingerprint density at radius 2 is 0.841 bits per heavy atom. The van der Waals surface area contributed by atoms with Crippen LogP contribution in [0.15, 0.2) is 200 Å². The van der Waals surface area contributed by atoms with Crippen LogP contribution in [0, 0.1) is 32.3 Å². The second-order valence-electron chi connectivity index (χ2n) is 19.2. The molecule has 0 spiro atoms. The van der Waals surface area contributed by atoms with Crippen LogP contribution in [-0.4, -0.2) is 9.55 Å². The van der Waals surface area contributed by atoms with Crippen molar-refractivity contribution in [2.24, 2.45) is 7.05 Å². The van der Waals surface area contributed by atoms with Crippen molar-refractivity contribution in [3.05, 3.63) is 297 Å². The van der Waals surface area contributed by atoms with Gasteiger partial charge in [0, 0.05) is 43.8 Å². The van der Waals surface area contributed by atoms with Crippen LogP contribution in [-0.2, 0) is 44.5 Å². The zero-order valence-electron chi connectivity index (χ0n) is 39.3. The molecule has 0 saturated heterocycles. The van der Waals surface area contributed by atoms with Crippen molar-refractivity contribution in [2.75, 3.05) is 0 Å². The molecule has 69 heavy (non-hydrogen) atoms. The first kappa shape index (κ1) is 43.1. The zero-order chi connectivity index (χ0) is 45.9. The average Bonchev–Trinajstić information content (AvgIpc) is 4.06. The van der Waals surface area contributed by atoms with E-state index in [4.69, 9.17) is 4.98 Å². The molecule has 3 nitrogen and oxygen atoms in total. The Morgan fingerprint density at radius 3 is 1.28 bits per heavy atom. The fraction of sp³-hybridized carbons (Fsp3) is 0.138. The van der Waals surface area contributed by atoms with Crippen LogP contribution in [0.3, 0.4) is 0 Å². The molecule has 0 saturated carbocycles. The van der Waals surface area contributed by atoms with Gasteiger partial charge in [0.15, 0.2) is 0 Å². The standard InChI is InChI=1S/C65H49N3.Pt/c1-42(2)45-36-37-66-62(38-45)64(58-32-14-8-26-52(58)53-27-9-15-33-59(53)64)48-22-18-20-46(39-48)63(56-30-12-6-24-50(56)51-25-7-13-31-57(51)63)47-21-19-23-49(40-47)65(68-41-67(5)43(3)44(68)4)60-34-16-10-28-54(60)55-29-11-17-35-61(55)65;/h6-38,42H,1-5H3;/q-2;. The minimum atomic E-state index is -0.805. The van der Waals surface area contributed by atoms with Gasteiger partial charge in [0.25, 0.3) is 0 Å². The maximum Gasteiger partial charge on any atom is 0.205 e. The molecule has 0 aliphatic heterocycles. The first-order valence-electron chi connectivity index (χ1n) is 23.9. The molecule has 4 heteroatoms. The van der Waals surface area contributed by atoms with E-state index in [9.17, 15) is 0 Å². The Bertz CT molecular complexity index is 3550. The molecule has 336 valence electrons. The number of pyridine rings is 1. The molecule has 0 bridgehead atoms. The van der Waals surface area contributed by atoms with E-state index >= 15 is 0 Å². The zero-order valence-corrected chi connectivity index (χ0v) is 41.6. The van der Waals surface area contributed by atoms with Gasteiger partial charge in [0.2, 0.25) is 6.33 Å². The summed E-state index contributed by atoms with van der Waals surface area (Å²) < 4.78 is 4.52. The van der Waals surface area contributed by atoms with Crippen molar-refractivity contribution >= 4 is 0 Å². The number of imidazole rings is 1. The number of fused-ring (bicyclic) bond motifs is 9. The summed E-state index contributed by atoms with van der Waals surface area (Å²) in [6, 6.07) is 80.6. The summed E-state index contributed by atoms with van der Waals surface area (Å²) in [7, 11) is 2.10. The molecular formula is C65H49N3Pt-2. The summed E-state index contributed by atoms with van der Waals surface area (Å²) in [6.45, 7) is 8.95. The van der Waals surface area contributed by atoms with Crippen LogP contribution in [0.2, 0.25) is 0 Å². The number of hydrogen-bond donors (Lipinski definition) is 0. The summed E-state index contributed by atoms with van der Waals surface area (Å²) >= 11 is 0. The van der Waals surface area contributed by atoms with E-state index < -0.39 is 16.4 Å². The second kappa shape index (κ2) is 15.9. The Hall–Kier alpha value is -7.19. The normalized spacial score (nSPS) is 14.8. The topological polar surface area (TPSA) is 21.7 Å². The molecule has 13 rings (SSSR count). The van der Waals surface area contributed by atoms with Crippen LogP contribution in [0.1, 0.15) is 98.0 Å². The third-order valence-corrected chi connectivity index (χ3v) is 15.8. The van der Waals surface area contributed by atoms with E-state index in [0.717, 1.165) is 33.6 Å². The smallest absolute Gasteiger partial charge is 0.205 e. The van der Waals surface area contributed by atoms with Crippen LogP contribution in [0.4, 0.5) is 0 Å². The van der Waals surface area contributed by atoms with Gasteiger partial charge in [0.1, 0.15) is 5.54 Å². The Kier molecular flexibility index (Phi) is 9.96. The van der Waals surface area contributed by atoms with E-state index in [1.807, 2.05) is 6.20 Å². The molecule has 0 atom stereocenters. The van der Waals surface area contributed by atoms with Gasteiger partial charge in [-0.05, 0) is 90.6 Å². The van der Waals surface area contributed by atoms with Crippen molar-refractivity contribution < 1.29 is 25.6 Å². The van der Waals surface area contributed by atoms with E-state index in [0.29, 0.717) is 5.92 Å². The largest absolute Gasteiger partial charge is 0.351 e. The molecule has 0 N–H and O–H groups in total. The molecule has 8 aromatic carbocycles. The molecule has 0 fully saturated rings. The Labute approximate surface area is 420 Å². The van der Waals surface area contributed by atoms with Gasteiger partial charge in [-0.15, -0.1) is 22.3 Å². The van der Waals surface area contributed by atoms with Crippen molar-refractivity contribution in [2.45, 2.75) is 50.0 Å². The monoisotopic (exact) mass is 1070 g/mol. The molecule has 2 heterocycles. The predicted molar refractivity (Wildman–Crippen MR) is 272 cm³/mol. The molecule has 3 aliphatic rings. The number of nitrogens with zero attached hydrogens (tertiary/aromatic N) is 3. The van der Waals surface area contributed by atoms with Crippen LogP contribution >= 0.6 is 0 Å². The first-order valence-corrected chi connectivity index (χ1v) is 23.9. The number of aromatic nitrogens is 3. The summed E-state index contributed by atoms with van der Waals surface area (Å²) in [5.74, 6) is 0.329. The van der Waals surface area contributed by atoms with Gasteiger partial charge >= 0.3 is 0 Å². The average molecular weight is 1070 g/mol. The molecule has 0 radical (unpaired) electrons. The summed E-state index contributed by atoms with van der Waals surface area (Å²) in [4.78, 5) is 5.34. The van der Waals surface area contributed by atoms with Crippen molar-refractivity contribution in [3.63, 3.8) is 0 Å². The van der Waals surface area contributed by atoms with Crippen LogP contribution in [0.5, 0.6) is 0 Å². The van der Waals surface area contributed by atoms with Crippen molar-refractivity contribution in [1.29, 1.82) is 0 Å². The van der Waals surface area contributed by atoms with Crippen LogP contribution in [0.25, 0.3) is 33.4 Å².